The van der Waals surface area contributed by atoms with Gasteiger partial charge in [-0.3, -0.25) is 4.68 Å². The van der Waals surface area contributed by atoms with E-state index in [1.54, 1.807) is 6.07 Å². The third-order valence-corrected chi connectivity index (χ3v) is 2.06. The van der Waals surface area contributed by atoms with Crippen LogP contribution in [0.3, 0.4) is 0 Å². The van der Waals surface area contributed by atoms with Crippen molar-refractivity contribution in [3.05, 3.63) is 18.0 Å². The molecule has 0 bridgehead atoms. The van der Waals surface area contributed by atoms with Gasteiger partial charge in [-0.15, -0.1) is 0 Å². The molecule has 3 nitrogen and oxygen atoms in total. The summed E-state index contributed by atoms with van der Waals surface area (Å²) in [6.45, 7) is -0.0899. The average Bonchev–Trinajstić information content (AvgIpc) is 2.63. The fourth-order valence-electron chi connectivity index (χ4n) is 1.15. The molecule has 0 saturated carbocycles. The van der Waals surface area contributed by atoms with Crippen LogP contribution in [0.25, 0.3) is 0 Å². The number of nitriles is 1. The fraction of sp³-hybridized carbons (Fsp3) is 0.556. The van der Waals surface area contributed by atoms with Gasteiger partial charge in [-0.2, -0.15) is 32.3 Å². The van der Waals surface area contributed by atoms with Crippen molar-refractivity contribution in [1.29, 1.82) is 5.26 Å². The summed E-state index contributed by atoms with van der Waals surface area (Å²) in [6, 6.07) is 1.77. The third-order valence-electron chi connectivity index (χ3n) is 2.06. The molecule has 0 fully saturated rings. The van der Waals surface area contributed by atoms with E-state index < -0.39 is 18.5 Å². The number of nitrogens with zero attached hydrogens (tertiary/aromatic N) is 3. The summed E-state index contributed by atoms with van der Waals surface area (Å²) in [7, 11) is 0. The van der Waals surface area contributed by atoms with Gasteiger partial charge < -0.3 is 0 Å². The van der Waals surface area contributed by atoms with Crippen LogP contribution in [0.1, 0.15) is 18.4 Å². The first-order valence-corrected chi connectivity index (χ1v) is 4.63. The molecule has 0 aliphatic rings. The van der Waals surface area contributed by atoms with Gasteiger partial charge in [0.05, 0.1) is 11.8 Å². The maximum absolute atomic E-state index is 12.5. The molecule has 0 unspecified atom stereocenters. The molecule has 0 aliphatic heterocycles. The van der Waals surface area contributed by atoms with E-state index in [0.29, 0.717) is 0 Å². The number of alkyl halides is 5. The molecule has 0 aliphatic carbocycles. The number of hydrogen-bond acceptors (Lipinski definition) is 2. The maximum atomic E-state index is 12.5. The largest absolute Gasteiger partial charge is 0.453 e. The summed E-state index contributed by atoms with van der Waals surface area (Å²) in [6.07, 6.45) is -4.69. The van der Waals surface area contributed by atoms with Gasteiger partial charge >= 0.3 is 12.1 Å². The van der Waals surface area contributed by atoms with Crippen molar-refractivity contribution in [3.8, 4) is 6.07 Å². The first kappa shape index (κ1) is 13.4. The van der Waals surface area contributed by atoms with Crippen molar-refractivity contribution in [1.82, 2.24) is 9.78 Å². The molecule has 0 aromatic carbocycles. The van der Waals surface area contributed by atoms with E-state index in [9.17, 15) is 22.0 Å². The normalized spacial score (nSPS) is 12.5. The number of aromatic nitrogens is 2. The molecule has 8 heteroatoms. The Morgan fingerprint density at radius 1 is 1.29 bits per heavy atom. The van der Waals surface area contributed by atoms with E-state index in [2.05, 4.69) is 5.10 Å². The van der Waals surface area contributed by atoms with E-state index >= 15 is 0 Å². The van der Waals surface area contributed by atoms with E-state index in [1.165, 1.54) is 12.4 Å². The van der Waals surface area contributed by atoms with Crippen molar-refractivity contribution < 1.29 is 22.0 Å². The van der Waals surface area contributed by atoms with E-state index in [-0.39, 0.29) is 18.5 Å². The molecule has 1 heterocycles. The predicted molar refractivity (Wildman–Crippen MR) is 47.2 cm³/mol. The summed E-state index contributed by atoms with van der Waals surface area (Å²) in [5.74, 6) is -4.68. The Morgan fingerprint density at radius 3 is 2.41 bits per heavy atom. The van der Waals surface area contributed by atoms with E-state index in [0.717, 1.165) is 4.68 Å². The summed E-state index contributed by atoms with van der Waals surface area (Å²) < 4.78 is 61.6. The van der Waals surface area contributed by atoms with Crippen LogP contribution >= 0.6 is 0 Å². The Bertz CT molecular complexity index is 415. The smallest absolute Gasteiger partial charge is 0.271 e. The zero-order valence-corrected chi connectivity index (χ0v) is 8.51. The molecule has 0 radical (unpaired) electrons. The summed E-state index contributed by atoms with van der Waals surface area (Å²) >= 11 is 0. The average molecular weight is 253 g/mol. The highest BCUT2D eigenvalue weighted by Gasteiger charge is 2.56. The van der Waals surface area contributed by atoms with E-state index in [1.807, 2.05) is 0 Å². The van der Waals surface area contributed by atoms with Crippen LogP contribution in [-0.4, -0.2) is 21.9 Å². The molecule has 0 spiro atoms. The highest BCUT2D eigenvalue weighted by Crippen LogP contribution is 2.38. The quantitative estimate of drug-likeness (QED) is 0.774. The van der Waals surface area contributed by atoms with Gasteiger partial charge in [0.15, 0.2) is 0 Å². The lowest BCUT2D eigenvalue weighted by molar-refractivity contribution is -0.284. The second kappa shape index (κ2) is 4.69. The van der Waals surface area contributed by atoms with Crippen LogP contribution in [0.5, 0.6) is 0 Å². The summed E-state index contributed by atoms with van der Waals surface area (Å²) in [4.78, 5) is 0. The molecule has 0 amide bonds. The Balaban J connectivity index is 2.46. The number of aryl methyl sites for hydroxylation is 1. The lowest BCUT2D eigenvalue weighted by Gasteiger charge is -2.19. The van der Waals surface area contributed by atoms with Gasteiger partial charge in [-0.25, -0.2) is 0 Å². The van der Waals surface area contributed by atoms with Crippen molar-refractivity contribution in [2.45, 2.75) is 31.5 Å². The minimum absolute atomic E-state index is 0.0899. The second-order valence-corrected chi connectivity index (χ2v) is 3.41. The van der Waals surface area contributed by atoms with Gasteiger partial charge in [0.25, 0.3) is 0 Å². The van der Waals surface area contributed by atoms with Gasteiger partial charge in [0.1, 0.15) is 6.07 Å². The molecule has 17 heavy (non-hydrogen) atoms. The first-order chi connectivity index (χ1) is 7.76. The Labute approximate surface area is 93.4 Å². The summed E-state index contributed by atoms with van der Waals surface area (Å²) in [5, 5.41) is 12.1. The van der Waals surface area contributed by atoms with Crippen LogP contribution in [-0.2, 0) is 6.54 Å². The van der Waals surface area contributed by atoms with Crippen molar-refractivity contribution >= 4 is 0 Å². The van der Waals surface area contributed by atoms with Crippen LogP contribution in [0.15, 0.2) is 12.4 Å². The zero-order chi connectivity index (χ0) is 13.1. The number of hydrogen-bond donors (Lipinski definition) is 0. The molecule has 0 saturated heterocycles. The van der Waals surface area contributed by atoms with Gasteiger partial charge in [-0.05, 0) is 6.42 Å². The SMILES string of the molecule is N#Cc1cnn(CCCC(F)(F)C(F)(F)F)c1. The van der Waals surface area contributed by atoms with Crippen LogP contribution in [0, 0.1) is 11.3 Å². The standard InChI is InChI=1S/C9H8F5N3/c10-8(11,9(12,13)14)2-1-3-17-6-7(4-15)5-16-17/h5-6H,1-3H2. The van der Waals surface area contributed by atoms with Crippen molar-refractivity contribution in [3.63, 3.8) is 0 Å². The molecule has 0 atom stereocenters. The topological polar surface area (TPSA) is 41.6 Å². The minimum atomic E-state index is -5.52. The van der Waals surface area contributed by atoms with Crippen molar-refractivity contribution in [2.75, 3.05) is 0 Å². The highest BCUT2D eigenvalue weighted by molar-refractivity contribution is 5.21. The van der Waals surface area contributed by atoms with Gasteiger partial charge in [-0.1, -0.05) is 0 Å². The predicted octanol–water partition coefficient (Wildman–Crippen LogP) is 2.73. The minimum Gasteiger partial charge on any atom is -0.271 e. The Hall–Kier alpha value is -1.65. The zero-order valence-electron chi connectivity index (χ0n) is 8.51. The number of rotatable bonds is 4. The monoisotopic (exact) mass is 253 g/mol. The first-order valence-electron chi connectivity index (χ1n) is 4.63. The van der Waals surface area contributed by atoms with E-state index in [4.69, 9.17) is 5.26 Å². The molecule has 94 valence electrons. The van der Waals surface area contributed by atoms with Crippen molar-refractivity contribution in [2.24, 2.45) is 0 Å². The second-order valence-electron chi connectivity index (χ2n) is 3.41. The molecule has 1 aromatic heterocycles. The summed E-state index contributed by atoms with van der Waals surface area (Å²) in [5.41, 5.74) is 0.229. The lowest BCUT2D eigenvalue weighted by atomic mass is 10.2. The van der Waals surface area contributed by atoms with Gasteiger partial charge in [0.2, 0.25) is 0 Å². The Kier molecular flexibility index (Phi) is 3.70. The molecular weight excluding hydrogens is 245 g/mol. The molecule has 1 rings (SSSR count). The molecule has 0 N–H and O–H groups in total. The highest BCUT2D eigenvalue weighted by atomic mass is 19.4. The third kappa shape index (κ3) is 3.41. The maximum Gasteiger partial charge on any atom is 0.453 e. The fourth-order valence-corrected chi connectivity index (χ4v) is 1.15. The van der Waals surface area contributed by atoms with Crippen LogP contribution < -0.4 is 0 Å². The lowest BCUT2D eigenvalue weighted by Crippen LogP contribution is -2.36. The molecular formula is C9H8F5N3. The van der Waals surface area contributed by atoms with Crippen LogP contribution in [0.4, 0.5) is 22.0 Å². The Morgan fingerprint density at radius 2 is 1.94 bits per heavy atom. The van der Waals surface area contributed by atoms with Gasteiger partial charge in [0, 0.05) is 19.2 Å². The number of halogens is 5. The van der Waals surface area contributed by atoms with Crippen LogP contribution in [0.2, 0.25) is 0 Å². The molecule has 1 aromatic rings.